The number of hydrogen-bond donors (Lipinski definition) is 1. The Bertz CT molecular complexity index is 453. The first-order valence-corrected chi connectivity index (χ1v) is 6.64. The SMILES string of the molecule is CC1CCC(N(C)c2ccc(C#N)c(N)c2)CC1. The Kier molecular flexibility index (Phi) is 3.76. The summed E-state index contributed by atoms with van der Waals surface area (Å²) in [6.45, 7) is 2.33. The number of nitrogens with zero attached hydrogens (tertiary/aromatic N) is 2. The Morgan fingerprint density at radius 1 is 1.28 bits per heavy atom. The zero-order valence-electron chi connectivity index (χ0n) is 11.2. The van der Waals surface area contributed by atoms with Crippen LogP contribution >= 0.6 is 0 Å². The number of rotatable bonds is 2. The smallest absolute Gasteiger partial charge is 0.101 e. The lowest BCUT2D eigenvalue weighted by Crippen LogP contribution is -2.34. The summed E-state index contributed by atoms with van der Waals surface area (Å²) in [6.07, 6.45) is 5.11. The second-order valence-electron chi connectivity index (χ2n) is 5.41. The first-order chi connectivity index (χ1) is 8.61. The fourth-order valence-corrected chi connectivity index (χ4v) is 2.71. The molecule has 0 atom stereocenters. The highest BCUT2D eigenvalue weighted by Crippen LogP contribution is 2.30. The summed E-state index contributed by atoms with van der Waals surface area (Å²) in [6, 6.07) is 8.43. The lowest BCUT2D eigenvalue weighted by molar-refractivity contribution is 0.341. The maximum Gasteiger partial charge on any atom is 0.101 e. The van der Waals surface area contributed by atoms with Crippen molar-refractivity contribution in [3.8, 4) is 6.07 Å². The van der Waals surface area contributed by atoms with Gasteiger partial charge in [0.15, 0.2) is 0 Å². The summed E-state index contributed by atoms with van der Waals surface area (Å²) < 4.78 is 0. The van der Waals surface area contributed by atoms with Gasteiger partial charge in [0.2, 0.25) is 0 Å². The standard InChI is InChI=1S/C15H21N3/c1-11-3-6-13(7-4-11)18(2)14-8-5-12(10-16)15(17)9-14/h5,8-9,11,13H,3-4,6-7,17H2,1-2H3. The fourth-order valence-electron chi connectivity index (χ4n) is 2.71. The summed E-state index contributed by atoms with van der Waals surface area (Å²) in [5.41, 5.74) is 8.12. The molecule has 0 aromatic heterocycles. The second kappa shape index (κ2) is 5.30. The number of hydrogen-bond acceptors (Lipinski definition) is 3. The van der Waals surface area contributed by atoms with E-state index in [0.29, 0.717) is 17.3 Å². The molecule has 0 aliphatic heterocycles. The largest absolute Gasteiger partial charge is 0.398 e. The van der Waals surface area contributed by atoms with Crippen LogP contribution in [0.1, 0.15) is 38.2 Å². The van der Waals surface area contributed by atoms with E-state index >= 15 is 0 Å². The Labute approximate surface area is 109 Å². The van der Waals surface area contributed by atoms with E-state index in [9.17, 15) is 0 Å². The van der Waals surface area contributed by atoms with Gasteiger partial charge in [0.1, 0.15) is 6.07 Å². The van der Waals surface area contributed by atoms with Crippen LogP contribution in [0.5, 0.6) is 0 Å². The van der Waals surface area contributed by atoms with Crippen molar-refractivity contribution in [2.24, 2.45) is 5.92 Å². The van der Waals surface area contributed by atoms with Gasteiger partial charge >= 0.3 is 0 Å². The van der Waals surface area contributed by atoms with Crippen LogP contribution in [-0.2, 0) is 0 Å². The van der Waals surface area contributed by atoms with E-state index in [-0.39, 0.29) is 0 Å². The van der Waals surface area contributed by atoms with Crippen LogP contribution in [0.2, 0.25) is 0 Å². The maximum atomic E-state index is 8.88. The highest BCUT2D eigenvalue weighted by atomic mass is 15.1. The minimum absolute atomic E-state index is 0.560. The molecule has 0 saturated heterocycles. The van der Waals surface area contributed by atoms with Gasteiger partial charge in [0.05, 0.1) is 11.3 Å². The van der Waals surface area contributed by atoms with Gasteiger partial charge in [-0.1, -0.05) is 6.92 Å². The summed E-state index contributed by atoms with van der Waals surface area (Å²) >= 11 is 0. The van der Waals surface area contributed by atoms with Crippen molar-refractivity contribution in [2.45, 2.75) is 38.6 Å². The van der Waals surface area contributed by atoms with Crippen molar-refractivity contribution < 1.29 is 0 Å². The lowest BCUT2D eigenvalue weighted by Gasteiger charge is -2.35. The highest BCUT2D eigenvalue weighted by molar-refractivity contribution is 5.63. The predicted molar refractivity (Wildman–Crippen MR) is 75.4 cm³/mol. The van der Waals surface area contributed by atoms with E-state index in [1.165, 1.54) is 25.7 Å². The van der Waals surface area contributed by atoms with E-state index < -0.39 is 0 Å². The average Bonchev–Trinajstić information content (AvgIpc) is 2.38. The van der Waals surface area contributed by atoms with E-state index in [1.807, 2.05) is 18.2 Å². The Balaban J connectivity index is 2.11. The van der Waals surface area contributed by atoms with Crippen LogP contribution in [0.15, 0.2) is 18.2 Å². The van der Waals surface area contributed by atoms with Crippen LogP contribution in [-0.4, -0.2) is 13.1 Å². The van der Waals surface area contributed by atoms with Gasteiger partial charge < -0.3 is 10.6 Å². The minimum atomic E-state index is 0.560. The molecule has 1 saturated carbocycles. The zero-order valence-corrected chi connectivity index (χ0v) is 11.2. The van der Waals surface area contributed by atoms with Crippen molar-refractivity contribution in [1.29, 1.82) is 5.26 Å². The Hall–Kier alpha value is -1.69. The van der Waals surface area contributed by atoms with Gasteiger partial charge in [-0.2, -0.15) is 5.26 Å². The summed E-state index contributed by atoms with van der Waals surface area (Å²) in [5, 5.41) is 8.88. The van der Waals surface area contributed by atoms with E-state index in [2.05, 4.69) is 24.9 Å². The number of benzene rings is 1. The third-order valence-electron chi connectivity index (χ3n) is 4.10. The van der Waals surface area contributed by atoms with E-state index in [1.54, 1.807) is 0 Å². The van der Waals surface area contributed by atoms with Crippen molar-refractivity contribution in [3.63, 3.8) is 0 Å². The minimum Gasteiger partial charge on any atom is -0.398 e. The number of nitrogens with two attached hydrogens (primary N) is 1. The second-order valence-corrected chi connectivity index (χ2v) is 5.41. The number of nitrogen functional groups attached to an aromatic ring is 1. The van der Waals surface area contributed by atoms with Gasteiger partial charge in [0, 0.05) is 18.8 Å². The van der Waals surface area contributed by atoms with Crippen molar-refractivity contribution in [2.75, 3.05) is 17.7 Å². The number of nitriles is 1. The molecular weight excluding hydrogens is 222 g/mol. The Morgan fingerprint density at radius 3 is 2.50 bits per heavy atom. The molecule has 0 amide bonds. The van der Waals surface area contributed by atoms with Gasteiger partial charge in [0.25, 0.3) is 0 Å². The zero-order chi connectivity index (χ0) is 13.1. The molecule has 0 bridgehead atoms. The lowest BCUT2D eigenvalue weighted by atomic mass is 9.86. The van der Waals surface area contributed by atoms with E-state index in [0.717, 1.165) is 11.6 Å². The topological polar surface area (TPSA) is 53.0 Å². The molecule has 3 nitrogen and oxygen atoms in total. The monoisotopic (exact) mass is 243 g/mol. The van der Waals surface area contributed by atoms with Crippen molar-refractivity contribution in [1.82, 2.24) is 0 Å². The third kappa shape index (κ3) is 2.59. The summed E-state index contributed by atoms with van der Waals surface area (Å²) in [5.74, 6) is 0.862. The molecule has 1 fully saturated rings. The molecule has 1 aromatic carbocycles. The van der Waals surface area contributed by atoms with Gasteiger partial charge in [-0.3, -0.25) is 0 Å². The highest BCUT2D eigenvalue weighted by Gasteiger charge is 2.22. The van der Waals surface area contributed by atoms with Gasteiger partial charge in [-0.05, 0) is 49.8 Å². The molecule has 3 heteroatoms. The molecule has 0 spiro atoms. The molecule has 0 heterocycles. The quantitative estimate of drug-likeness (QED) is 0.812. The van der Waals surface area contributed by atoms with Crippen LogP contribution in [0.3, 0.4) is 0 Å². The molecule has 1 aliphatic carbocycles. The van der Waals surface area contributed by atoms with Gasteiger partial charge in [-0.25, -0.2) is 0 Å². The summed E-state index contributed by atoms with van der Waals surface area (Å²) in [4.78, 5) is 2.31. The molecule has 1 aromatic rings. The van der Waals surface area contributed by atoms with Crippen LogP contribution < -0.4 is 10.6 Å². The number of anilines is 2. The maximum absolute atomic E-state index is 8.88. The first kappa shape index (κ1) is 12.8. The molecule has 2 N–H and O–H groups in total. The van der Waals surface area contributed by atoms with Crippen molar-refractivity contribution in [3.05, 3.63) is 23.8 Å². The van der Waals surface area contributed by atoms with Crippen molar-refractivity contribution >= 4 is 11.4 Å². The normalized spacial score (nSPS) is 23.4. The third-order valence-corrected chi connectivity index (χ3v) is 4.10. The molecule has 0 unspecified atom stereocenters. The molecule has 1 aliphatic rings. The van der Waals surface area contributed by atoms with E-state index in [4.69, 9.17) is 11.0 Å². The van der Waals surface area contributed by atoms with Gasteiger partial charge in [-0.15, -0.1) is 0 Å². The average molecular weight is 243 g/mol. The Morgan fingerprint density at radius 2 is 1.94 bits per heavy atom. The molecule has 2 rings (SSSR count). The molecular formula is C15H21N3. The molecule has 96 valence electrons. The van der Waals surface area contributed by atoms with Crippen LogP contribution in [0, 0.1) is 17.2 Å². The first-order valence-electron chi connectivity index (χ1n) is 6.64. The molecule has 18 heavy (non-hydrogen) atoms. The fraction of sp³-hybridized carbons (Fsp3) is 0.533. The molecule has 0 radical (unpaired) electrons. The van der Waals surface area contributed by atoms with Crippen LogP contribution in [0.25, 0.3) is 0 Å². The summed E-state index contributed by atoms with van der Waals surface area (Å²) in [7, 11) is 2.13. The predicted octanol–water partition coefficient (Wildman–Crippen LogP) is 3.16. The van der Waals surface area contributed by atoms with Crippen LogP contribution in [0.4, 0.5) is 11.4 Å².